The zero-order valence-electron chi connectivity index (χ0n) is 16.9. The van der Waals surface area contributed by atoms with Crippen LogP contribution in [0.5, 0.6) is 11.5 Å². The third-order valence-electron chi connectivity index (χ3n) is 4.37. The van der Waals surface area contributed by atoms with E-state index in [-0.39, 0.29) is 19.0 Å². The fourth-order valence-electron chi connectivity index (χ4n) is 2.83. The van der Waals surface area contributed by atoms with Gasteiger partial charge >= 0.3 is 11.9 Å². The molecule has 0 atom stereocenters. The maximum Gasteiger partial charge on any atom is 0.338 e. The SMILES string of the molecule is COC(=O)CCCOc1cc(OCc2ccc3ccccc3n2)cc(C(=O)OC)c1. The second-order valence-corrected chi connectivity index (χ2v) is 6.50. The van der Waals surface area contributed by atoms with Gasteiger partial charge in [0.05, 0.1) is 37.6 Å². The molecule has 1 heterocycles. The Morgan fingerprint density at radius 3 is 2.43 bits per heavy atom. The highest BCUT2D eigenvalue weighted by atomic mass is 16.5. The molecule has 0 N–H and O–H groups in total. The molecule has 3 rings (SSSR count). The van der Waals surface area contributed by atoms with Gasteiger partial charge in [-0.1, -0.05) is 24.3 Å². The summed E-state index contributed by atoms with van der Waals surface area (Å²) in [5, 5.41) is 1.05. The Balaban J connectivity index is 1.70. The fourth-order valence-corrected chi connectivity index (χ4v) is 2.83. The van der Waals surface area contributed by atoms with Gasteiger partial charge in [0.1, 0.15) is 18.1 Å². The minimum atomic E-state index is -0.497. The molecule has 1 aromatic heterocycles. The van der Waals surface area contributed by atoms with Crippen molar-refractivity contribution in [2.24, 2.45) is 0 Å². The van der Waals surface area contributed by atoms with Gasteiger partial charge in [0.25, 0.3) is 0 Å². The highest BCUT2D eigenvalue weighted by Crippen LogP contribution is 2.25. The molecule has 7 heteroatoms. The molecule has 30 heavy (non-hydrogen) atoms. The van der Waals surface area contributed by atoms with Gasteiger partial charge in [-0.15, -0.1) is 0 Å². The van der Waals surface area contributed by atoms with E-state index in [1.807, 2.05) is 36.4 Å². The van der Waals surface area contributed by atoms with E-state index in [1.165, 1.54) is 14.2 Å². The average Bonchev–Trinajstić information content (AvgIpc) is 2.79. The van der Waals surface area contributed by atoms with Crippen molar-refractivity contribution in [3.8, 4) is 11.5 Å². The standard InChI is InChI=1S/C23H23NO6/c1-27-22(25)8-5-11-29-19-12-17(23(26)28-2)13-20(14-19)30-15-18-10-9-16-6-3-4-7-21(16)24-18/h3-4,6-7,9-10,12-14H,5,8,11,15H2,1-2H3. The van der Waals surface area contributed by atoms with Crippen LogP contribution in [0, 0.1) is 0 Å². The number of hydrogen-bond acceptors (Lipinski definition) is 7. The average molecular weight is 409 g/mol. The van der Waals surface area contributed by atoms with Crippen molar-refractivity contribution >= 4 is 22.8 Å². The van der Waals surface area contributed by atoms with Crippen LogP contribution in [0.25, 0.3) is 10.9 Å². The van der Waals surface area contributed by atoms with Crippen molar-refractivity contribution in [3.63, 3.8) is 0 Å². The van der Waals surface area contributed by atoms with Crippen molar-refractivity contribution in [1.29, 1.82) is 0 Å². The normalized spacial score (nSPS) is 10.5. The summed E-state index contributed by atoms with van der Waals surface area (Å²) < 4.78 is 20.9. The van der Waals surface area contributed by atoms with Gasteiger partial charge in [-0.25, -0.2) is 9.78 Å². The molecular weight excluding hydrogens is 386 g/mol. The van der Waals surface area contributed by atoms with E-state index in [4.69, 9.17) is 14.2 Å². The quantitative estimate of drug-likeness (QED) is 0.391. The molecule has 0 aliphatic carbocycles. The van der Waals surface area contributed by atoms with Crippen LogP contribution in [0.1, 0.15) is 28.9 Å². The Hall–Kier alpha value is -3.61. The van der Waals surface area contributed by atoms with Crippen molar-refractivity contribution in [3.05, 3.63) is 65.9 Å². The van der Waals surface area contributed by atoms with Crippen molar-refractivity contribution < 1.29 is 28.5 Å². The molecule has 7 nitrogen and oxygen atoms in total. The summed E-state index contributed by atoms with van der Waals surface area (Å²) in [6.07, 6.45) is 0.747. The molecule has 0 fully saturated rings. The number of pyridine rings is 1. The molecule has 0 radical (unpaired) electrons. The lowest BCUT2D eigenvalue weighted by molar-refractivity contribution is -0.140. The Morgan fingerprint density at radius 1 is 0.900 bits per heavy atom. The number of ether oxygens (including phenoxy) is 4. The van der Waals surface area contributed by atoms with Crippen molar-refractivity contribution in [2.75, 3.05) is 20.8 Å². The van der Waals surface area contributed by atoms with Crippen LogP contribution in [0.4, 0.5) is 0 Å². The molecule has 0 saturated heterocycles. The van der Waals surface area contributed by atoms with Gasteiger partial charge in [-0.3, -0.25) is 4.79 Å². The highest BCUT2D eigenvalue weighted by Gasteiger charge is 2.11. The molecule has 0 amide bonds. The zero-order chi connectivity index (χ0) is 21.3. The van der Waals surface area contributed by atoms with E-state index >= 15 is 0 Å². The Labute approximate surface area is 174 Å². The number of nitrogens with zero attached hydrogens (tertiary/aromatic N) is 1. The van der Waals surface area contributed by atoms with E-state index in [1.54, 1.807) is 18.2 Å². The Morgan fingerprint density at radius 2 is 1.67 bits per heavy atom. The first-order valence-corrected chi connectivity index (χ1v) is 9.49. The Bertz CT molecular complexity index is 1030. The number of aromatic nitrogens is 1. The largest absolute Gasteiger partial charge is 0.493 e. The van der Waals surface area contributed by atoms with Gasteiger partial charge in [0.2, 0.25) is 0 Å². The molecular formula is C23H23NO6. The number of carbonyl (C=O) groups is 2. The van der Waals surface area contributed by atoms with E-state index in [0.29, 0.717) is 30.1 Å². The smallest absolute Gasteiger partial charge is 0.338 e. The summed E-state index contributed by atoms with van der Waals surface area (Å²) in [5.74, 6) is 0.109. The van der Waals surface area contributed by atoms with Gasteiger partial charge in [0.15, 0.2) is 0 Å². The van der Waals surface area contributed by atoms with Crippen LogP contribution in [0.15, 0.2) is 54.6 Å². The van der Waals surface area contributed by atoms with E-state index in [9.17, 15) is 9.59 Å². The molecule has 0 spiro atoms. The van der Waals surface area contributed by atoms with Crippen molar-refractivity contribution in [2.45, 2.75) is 19.4 Å². The highest BCUT2D eigenvalue weighted by molar-refractivity contribution is 5.90. The molecule has 0 unspecified atom stereocenters. The van der Waals surface area contributed by atoms with Crippen LogP contribution in [0.3, 0.4) is 0 Å². The van der Waals surface area contributed by atoms with E-state index in [2.05, 4.69) is 9.72 Å². The molecule has 0 aliphatic rings. The third-order valence-corrected chi connectivity index (χ3v) is 4.37. The lowest BCUT2D eigenvalue weighted by atomic mass is 10.2. The predicted octanol–water partition coefficient (Wildman–Crippen LogP) is 3.93. The summed E-state index contributed by atoms with van der Waals surface area (Å²) in [6, 6.07) is 16.6. The molecule has 3 aromatic rings. The lowest BCUT2D eigenvalue weighted by Crippen LogP contribution is -2.07. The van der Waals surface area contributed by atoms with Crippen LogP contribution in [-0.2, 0) is 20.9 Å². The summed E-state index contributed by atoms with van der Waals surface area (Å²) in [4.78, 5) is 27.8. The number of carbonyl (C=O) groups excluding carboxylic acids is 2. The van der Waals surface area contributed by atoms with Crippen LogP contribution < -0.4 is 9.47 Å². The molecule has 0 bridgehead atoms. The van der Waals surface area contributed by atoms with Gasteiger partial charge in [0, 0.05) is 17.9 Å². The summed E-state index contributed by atoms with van der Waals surface area (Å²) >= 11 is 0. The molecule has 0 aliphatic heterocycles. The minimum absolute atomic E-state index is 0.233. The number of fused-ring (bicyclic) bond motifs is 1. The molecule has 0 saturated carbocycles. The first kappa shape index (κ1) is 21.1. The van der Waals surface area contributed by atoms with E-state index in [0.717, 1.165) is 16.6 Å². The monoisotopic (exact) mass is 409 g/mol. The summed E-state index contributed by atoms with van der Waals surface area (Å²) in [6.45, 7) is 0.530. The third kappa shape index (κ3) is 5.70. The van der Waals surface area contributed by atoms with Crippen LogP contribution in [-0.4, -0.2) is 37.7 Å². The maximum atomic E-state index is 12.0. The molecule has 2 aromatic carbocycles. The van der Waals surface area contributed by atoms with Crippen LogP contribution >= 0.6 is 0 Å². The van der Waals surface area contributed by atoms with Gasteiger partial charge in [-0.05, 0) is 30.7 Å². The molecule has 156 valence electrons. The number of rotatable bonds is 9. The Kier molecular flexibility index (Phi) is 7.21. The summed E-state index contributed by atoms with van der Waals surface area (Å²) in [7, 11) is 2.66. The topological polar surface area (TPSA) is 84.0 Å². The predicted molar refractivity (Wildman–Crippen MR) is 111 cm³/mol. The van der Waals surface area contributed by atoms with Crippen LogP contribution in [0.2, 0.25) is 0 Å². The number of benzene rings is 2. The number of para-hydroxylation sites is 1. The van der Waals surface area contributed by atoms with Crippen molar-refractivity contribution in [1.82, 2.24) is 4.98 Å². The van der Waals surface area contributed by atoms with Gasteiger partial charge in [-0.2, -0.15) is 0 Å². The van der Waals surface area contributed by atoms with Gasteiger partial charge < -0.3 is 18.9 Å². The zero-order valence-corrected chi connectivity index (χ0v) is 16.9. The van der Waals surface area contributed by atoms with E-state index < -0.39 is 5.97 Å². The number of esters is 2. The first-order chi connectivity index (χ1) is 14.6. The lowest BCUT2D eigenvalue weighted by Gasteiger charge is -2.12. The minimum Gasteiger partial charge on any atom is -0.493 e. The fraction of sp³-hybridized carbons (Fsp3) is 0.261. The second-order valence-electron chi connectivity index (χ2n) is 6.50. The maximum absolute atomic E-state index is 12.0. The second kappa shape index (κ2) is 10.2. The summed E-state index contributed by atoms with van der Waals surface area (Å²) in [5.41, 5.74) is 1.96. The number of methoxy groups -OCH3 is 2. The first-order valence-electron chi connectivity index (χ1n) is 9.49. The number of hydrogen-bond donors (Lipinski definition) is 0.